The Balaban J connectivity index is 2.20. The van der Waals surface area contributed by atoms with Crippen LogP contribution >= 0.6 is 0 Å². The van der Waals surface area contributed by atoms with E-state index >= 15 is 0 Å². The number of carbonyl (C=O) groups excluding carboxylic acids is 3. The number of nitrogens with zero attached hydrogens (tertiary/aromatic N) is 2. The summed E-state index contributed by atoms with van der Waals surface area (Å²) >= 11 is 0. The summed E-state index contributed by atoms with van der Waals surface area (Å²) in [6.45, 7) is 2.97. The van der Waals surface area contributed by atoms with Crippen molar-refractivity contribution in [2.75, 3.05) is 6.54 Å². The van der Waals surface area contributed by atoms with Crippen molar-refractivity contribution in [2.24, 2.45) is 0 Å². The Labute approximate surface area is 190 Å². The number of hydrogen-bond donors (Lipinski definition) is 1. The summed E-state index contributed by atoms with van der Waals surface area (Å²) in [6, 6.07) is 15.5. The number of nitrogens with one attached hydrogen (secondary N) is 1. The fourth-order valence-electron chi connectivity index (χ4n) is 3.33. The van der Waals surface area contributed by atoms with Crippen LogP contribution < -0.4 is 20.3 Å². The standard InChI is InChI=1S/C24H25N3O6/c1-3-4-10-21-23(31)26(19-11-13-20(14-12-19)32-17(2)29)27(18-8-6-5-7-9-18)24(21)33-22(30)15-25-16-28/h5-9,11-14,16H,3-4,10,15H2,1-2H3,(H,25,28). The largest absolute Gasteiger partial charge is 0.427 e. The minimum absolute atomic E-state index is 0.0985. The number of para-hydroxylation sites is 1. The zero-order valence-electron chi connectivity index (χ0n) is 18.4. The van der Waals surface area contributed by atoms with E-state index in [1.54, 1.807) is 48.5 Å². The van der Waals surface area contributed by atoms with Gasteiger partial charge in [-0.3, -0.25) is 14.4 Å². The normalized spacial score (nSPS) is 10.5. The second-order valence-corrected chi connectivity index (χ2v) is 7.21. The van der Waals surface area contributed by atoms with Crippen molar-refractivity contribution in [1.29, 1.82) is 0 Å². The number of aromatic nitrogens is 2. The molecular formula is C24H25N3O6. The fraction of sp³-hybridized carbons (Fsp3) is 0.250. The van der Waals surface area contributed by atoms with E-state index in [9.17, 15) is 19.2 Å². The SMILES string of the molecule is CCCCc1c(OC(=O)CNC=O)n(-c2ccccc2)n(-c2ccc(OC(C)=O)cc2)c1=O. The molecule has 1 N–H and O–H groups in total. The van der Waals surface area contributed by atoms with Crippen LogP contribution in [-0.4, -0.2) is 34.3 Å². The first kappa shape index (κ1) is 23.5. The van der Waals surface area contributed by atoms with Crippen molar-refractivity contribution in [3.63, 3.8) is 0 Å². The first-order valence-corrected chi connectivity index (χ1v) is 10.5. The van der Waals surface area contributed by atoms with Gasteiger partial charge in [0, 0.05) is 6.92 Å². The lowest BCUT2D eigenvalue weighted by Gasteiger charge is -2.15. The summed E-state index contributed by atoms with van der Waals surface area (Å²) in [6.07, 6.45) is 2.37. The van der Waals surface area contributed by atoms with E-state index in [1.807, 2.05) is 13.0 Å². The average Bonchev–Trinajstić information content (AvgIpc) is 3.08. The number of carbonyl (C=O) groups is 3. The summed E-state index contributed by atoms with van der Waals surface area (Å²) in [7, 11) is 0. The Hall–Kier alpha value is -4.14. The predicted octanol–water partition coefficient (Wildman–Crippen LogP) is 2.55. The monoisotopic (exact) mass is 451 g/mol. The van der Waals surface area contributed by atoms with E-state index in [4.69, 9.17) is 9.47 Å². The Morgan fingerprint density at radius 2 is 1.64 bits per heavy atom. The van der Waals surface area contributed by atoms with Crippen molar-refractivity contribution >= 4 is 18.3 Å². The quantitative estimate of drug-likeness (QED) is 0.288. The highest BCUT2D eigenvalue weighted by Gasteiger charge is 2.25. The lowest BCUT2D eigenvalue weighted by Crippen LogP contribution is -2.26. The minimum Gasteiger partial charge on any atom is -0.427 e. The zero-order valence-corrected chi connectivity index (χ0v) is 18.4. The first-order chi connectivity index (χ1) is 16.0. The minimum atomic E-state index is -0.702. The van der Waals surface area contributed by atoms with Crippen molar-refractivity contribution in [3.05, 3.63) is 70.5 Å². The Morgan fingerprint density at radius 3 is 2.24 bits per heavy atom. The second-order valence-electron chi connectivity index (χ2n) is 7.21. The molecule has 33 heavy (non-hydrogen) atoms. The third kappa shape index (κ3) is 5.57. The molecule has 0 bridgehead atoms. The van der Waals surface area contributed by atoms with E-state index < -0.39 is 11.9 Å². The van der Waals surface area contributed by atoms with Crippen LogP contribution in [0.1, 0.15) is 32.3 Å². The van der Waals surface area contributed by atoms with Crippen LogP contribution in [0.4, 0.5) is 0 Å². The van der Waals surface area contributed by atoms with Crippen molar-refractivity contribution in [2.45, 2.75) is 33.1 Å². The number of esters is 2. The smallest absolute Gasteiger partial charge is 0.332 e. The van der Waals surface area contributed by atoms with Crippen molar-refractivity contribution < 1.29 is 23.9 Å². The molecule has 1 aromatic heterocycles. The maximum Gasteiger partial charge on any atom is 0.332 e. The van der Waals surface area contributed by atoms with Crippen LogP contribution in [0, 0.1) is 0 Å². The molecule has 0 aliphatic rings. The maximum absolute atomic E-state index is 13.5. The number of hydrogen-bond acceptors (Lipinski definition) is 6. The lowest BCUT2D eigenvalue weighted by atomic mass is 10.1. The van der Waals surface area contributed by atoms with Gasteiger partial charge in [-0.25, -0.2) is 14.2 Å². The van der Waals surface area contributed by atoms with Gasteiger partial charge in [-0.15, -0.1) is 0 Å². The molecule has 0 saturated heterocycles. The molecule has 0 aliphatic carbocycles. The van der Waals surface area contributed by atoms with E-state index in [1.165, 1.54) is 16.3 Å². The van der Waals surface area contributed by atoms with E-state index in [0.29, 0.717) is 35.5 Å². The molecular weight excluding hydrogens is 426 g/mol. The molecule has 9 heteroatoms. The molecule has 3 rings (SSSR count). The van der Waals surface area contributed by atoms with Crippen LogP contribution in [-0.2, 0) is 20.8 Å². The van der Waals surface area contributed by atoms with Gasteiger partial charge < -0.3 is 14.8 Å². The van der Waals surface area contributed by atoms with Gasteiger partial charge in [0.15, 0.2) is 0 Å². The zero-order chi connectivity index (χ0) is 23.8. The number of benzene rings is 2. The Kier molecular flexibility index (Phi) is 7.80. The van der Waals surface area contributed by atoms with Gasteiger partial charge in [-0.1, -0.05) is 31.5 Å². The maximum atomic E-state index is 13.5. The highest BCUT2D eigenvalue weighted by molar-refractivity contribution is 5.76. The van der Waals surface area contributed by atoms with Gasteiger partial charge in [-0.05, 0) is 49.2 Å². The Morgan fingerprint density at radius 1 is 0.970 bits per heavy atom. The number of unbranched alkanes of at least 4 members (excludes halogenated alkanes) is 1. The molecule has 0 atom stereocenters. The number of amides is 1. The van der Waals surface area contributed by atoms with Crippen LogP contribution in [0.3, 0.4) is 0 Å². The first-order valence-electron chi connectivity index (χ1n) is 10.5. The highest BCUT2D eigenvalue weighted by atomic mass is 16.5. The van der Waals surface area contributed by atoms with E-state index in [0.717, 1.165) is 12.8 Å². The molecule has 9 nitrogen and oxygen atoms in total. The van der Waals surface area contributed by atoms with Crippen molar-refractivity contribution in [3.8, 4) is 23.0 Å². The second kappa shape index (κ2) is 10.9. The molecule has 0 spiro atoms. The summed E-state index contributed by atoms with van der Waals surface area (Å²) in [5.74, 6) is -0.712. The van der Waals surface area contributed by atoms with E-state index in [2.05, 4.69) is 5.32 Å². The molecule has 0 aliphatic heterocycles. The highest BCUT2D eigenvalue weighted by Crippen LogP contribution is 2.26. The van der Waals surface area contributed by atoms with E-state index in [-0.39, 0.29) is 18.0 Å². The summed E-state index contributed by atoms with van der Waals surface area (Å²) < 4.78 is 13.6. The molecule has 0 radical (unpaired) electrons. The van der Waals surface area contributed by atoms with Crippen LogP contribution in [0.2, 0.25) is 0 Å². The van der Waals surface area contributed by atoms with Crippen LogP contribution in [0.15, 0.2) is 59.4 Å². The van der Waals surface area contributed by atoms with Gasteiger partial charge in [0.05, 0.1) is 16.9 Å². The lowest BCUT2D eigenvalue weighted by molar-refractivity contribution is -0.134. The predicted molar refractivity (Wildman–Crippen MR) is 121 cm³/mol. The Bertz CT molecular complexity index is 1180. The molecule has 3 aromatic rings. The summed E-state index contributed by atoms with van der Waals surface area (Å²) in [5.41, 5.74) is 1.11. The van der Waals surface area contributed by atoms with Crippen LogP contribution in [0.25, 0.3) is 11.4 Å². The molecule has 0 fully saturated rings. The third-order valence-electron chi connectivity index (χ3n) is 4.77. The molecule has 0 saturated carbocycles. The van der Waals surface area contributed by atoms with Gasteiger partial charge in [0.25, 0.3) is 5.56 Å². The molecule has 2 aromatic carbocycles. The van der Waals surface area contributed by atoms with Gasteiger partial charge >= 0.3 is 11.9 Å². The topological polar surface area (TPSA) is 109 Å². The molecule has 1 amide bonds. The summed E-state index contributed by atoms with van der Waals surface area (Å²) in [5, 5.41) is 2.27. The number of rotatable bonds is 10. The number of ether oxygens (including phenoxy) is 2. The van der Waals surface area contributed by atoms with Gasteiger partial charge in [0.2, 0.25) is 12.3 Å². The van der Waals surface area contributed by atoms with Gasteiger partial charge in [-0.2, -0.15) is 0 Å². The third-order valence-corrected chi connectivity index (χ3v) is 4.77. The van der Waals surface area contributed by atoms with Crippen LogP contribution in [0.5, 0.6) is 11.6 Å². The molecule has 172 valence electrons. The average molecular weight is 451 g/mol. The molecule has 0 unspecified atom stereocenters. The molecule has 1 heterocycles. The van der Waals surface area contributed by atoms with Crippen molar-refractivity contribution in [1.82, 2.24) is 14.7 Å². The summed E-state index contributed by atoms with van der Waals surface area (Å²) in [4.78, 5) is 47.7. The fourth-order valence-corrected chi connectivity index (χ4v) is 3.33. The van der Waals surface area contributed by atoms with Gasteiger partial charge in [0.1, 0.15) is 12.3 Å².